The molecule has 8 nitrogen and oxygen atoms in total. The maximum atomic E-state index is 12.0. The zero-order valence-corrected chi connectivity index (χ0v) is 13.6. The van der Waals surface area contributed by atoms with Crippen molar-refractivity contribution in [3.8, 4) is 0 Å². The first-order chi connectivity index (χ1) is 9.53. The second kappa shape index (κ2) is 9.72. The lowest BCUT2D eigenvalue weighted by molar-refractivity contribution is 0.0522. The lowest BCUT2D eigenvalue weighted by Gasteiger charge is -2.07. The molecule has 0 aliphatic heterocycles. The third-order valence-electron chi connectivity index (χ3n) is 2.39. The van der Waals surface area contributed by atoms with E-state index in [0.717, 1.165) is 19.2 Å². The van der Waals surface area contributed by atoms with E-state index in [9.17, 15) is 13.2 Å². The highest BCUT2D eigenvalue weighted by Crippen LogP contribution is 2.12. The molecule has 0 aliphatic rings. The van der Waals surface area contributed by atoms with Crippen LogP contribution in [0.3, 0.4) is 0 Å². The Bertz CT molecular complexity index is 532. The van der Waals surface area contributed by atoms with Crippen LogP contribution in [0.15, 0.2) is 11.2 Å². The number of aromatic amines is 1. The van der Waals surface area contributed by atoms with Crippen LogP contribution in [-0.4, -0.2) is 50.8 Å². The van der Waals surface area contributed by atoms with Gasteiger partial charge in [0.05, 0.1) is 12.8 Å². The lowest BCUT2D eigenvalue weighted by Crippen LogP contribution is -2.33. The molecule has 1 aromatic rings. The van der Waals surface area contributed by atoms with Crippen molar-refractivity contribution in [3.05, 3.63) is 11.8 Å². The van der Waals surface area contributed by atoms with E-state index in [1.165, 1.54) is 0 Å². The van der Waals surface area contributed by atoms with Crippen molar-refractivity contribution < 1.29 is 17.9 Å². The van der Waals surface area contributed by atoms with E-state index in [1.807, 2.05) is 6.92 Å². The highest BCUT2D eigenvalue weighted by Gasteiger charge is 2.25. The van der Waals surface area contributed by atoms with E-state index in [-0.39, 0.29) is 36.1 Å². The largest absolute Gasteiger partial charge is 0.462 e. The monoisotopic (exact) mass is 340 g/mol. The topological polar surface area (TPSA) is 113 Å². The molecule has 21 heavy (non-hydrogen) atoms. The second-order valence-electron chi connectivity index (χ2n) is 3.98. The van der Waals surface area contributed by atoms with Crippen LogP contribution in [0, 0.1) is 0 Å². The van der Waals surface area contributed by atoms with Gasteiger partial charge in [0, 0.05) is 13.1 Å². The van der Waals surface area contributed by atoms with Gasteiger partial charge in [-0.15, -0.1) is 12.4 Å². The Hall–Kier alpha value is -1.16. The van der Waals surface area contributed by atoms with Crippen LogP contribution < -0.4 is 10.0 Å². The molecule has 0 aromatic carbocycles. The lowest BCUT2D eigenvalue weighted by atomic mass is 10.4. The molecule has 0 atom stereocenters. The zero-order valence-electron chi connectivity index (χ0n) is 12.0. The number of hydrogen-bond acceptors (Lipinski definition) is 6. The molecule has 0 saturated heterocycles. The number of carbonyl (C=O) groups excluding carboxylic acids is 1. The summed E-state index contributed by atoms with van der Waals surface area (Å²) in [6.45, 7) is 5.38. The molecule has 0 aliphatic carbocycles. The van der Waals surface area contributed by atoms with Gasteiger partial charge in [-0.05, 0) is 19.9 Å². The summed E-state index contributed by atoms with van der Waals surface area (Å²) < 4.78 is 31.2. The van der Waals surface area contributed by atoms with Crippen molar-refractivity contribution in [2.24, 2.45) is 0 Å². The molecule has 0 fully saturated rings. The van der Waals surface area contributed by atoms with Crippen LogP contribution in [0.25, 0.3) is 0 Å². The Morgan fingerprint density at radius 2 is 2.05 bits per heavy atom. The standard InChI is InChI=1S/C11H20N4O4S.ClH/c1-3-5-12-6-7-14-20(17,18)10-9(8-13-15-10)11(16)19-4-2;/h8,12,14H,3-7H2,1-2H3,(H,13,15);1H. The first-order valence-electron chi connectivity index (χ1n) is 6.43. The van der Waals surface area contributed by atoms with E-state index in [4.69, 9.17) is 4.74 Å². The van der Waals surface area contributed by atoms with Gasteiger partial charge in [0.25, 0.3) is 10.0 Å². The molecule has 1 aromatic heterocycles. The molecular formula is C11H21ClN4O4S. The van der Waals surface area contributed by atoms with E-state index < -0.39 is 16.0 Å². The van der Waals surface area contributed by atoms with Gasteiger partial charge in [0.15, 0.2) is 5.03 Å². The smallest absolute Gasteiger partial charge is 0.342 e. The number of hydrogen-bond donors (Lipinski definition) is 3. The van der Waals surface area contributed by atoms with Gasteiger partial charge in [0.2, 0.25) is 0 Å². The summed E-state index contributed by atoms with van der Waals surface area (Å²) in [6.07, 6.45) is 2.11. The predicted molar refractivity (Wildman–Crippen MR) is 80.1 cm³/mol. The molecular weight excluding hydrogens is 320 g/mol. The number of nitrogens with one attached hydrogen (secondary N) is 3. The van der Waals surface area contributed by atoms with E-state index in [0.29, 0.717) is 6.54 Å². The maximum absolute atomic E-state index is 12.0. The zero-order chi connectivity index (χ0) is 15.0. The number of carbonyl (C=O) groups is 1. The highest BCUT2D eigenvalue weighted by molar-refractivity contribution is 7.89. The van der Waals surface area contributed by atoms with Crippen LogP contribution in [0.5, 0.6) is 0 Å². The summed E-state index contributed by atoms with van der Waals surface area (Å²) in [6, 6.07) is 0. The number of esters is 1. The van der Waals surface area contributed by atoms with Crippen molar-refractivity contribution in [1.29, 1.82) is 0 Å². The fraction of sp³-hybridized carbons (Fsp3) is 0.636. The average Bonchev–Trinajstić information content (AvgIpc) is 2.89. The summed E-state index contributed by atoms with van der Waals surface area (Å²) in [5.41, 5.74) is -0.0964. The highest BCUT2D eigenvalue weighted by atomic mass is 35.5. The van der Waals surface area contributed by atoms with E-state index in [1.54, 1.807) is 6.92 Å². The molecule has 0 saturated carbocycles. The van der Waals surface area contributed by atoms with Crippen molar-refractivity contribution in [1.82, 2.24) is 20.2 Å². The van der Waals surface area contributed by atoms with Crippen LogP contribution in [0.1, 0.15) is 30.6 Å². The van der Waals surface area contributed by atoms with Gasteiger partial charge in [-0.1, -0.05) is 6.92 Å². The third-order valence-corrected chi connectivity index (χ3v) is 3.82. The van der Waals surface area contributed by atoms with Crippen molar-refractivity contribution in [2.75, 3.05) is 26.2 Å². The van der Waals surface area contributed by atoms with Gasteiger partial charge in [-0.3, -0.25) is 5.10 Å². The summed E-state index contributed by atoms with van der Waals surface area (Å²) in [5.74, 6) is -0.717. The average molecular weight is 341 g/mol. The van der Waals surface area contributed by atoms with Crippen LogP contribution in [0.4, 0.5) is 0 Å². The molecule has 3 N–H and O–H groups in total. The minimum absolute atomic E-state index is 0. The Labute approximate surface area is 130 Å². The number of nitrogens with zero attached hydrogens (tertiary/aromatic N) is 1. The van der Waals surface area contributed by atoms with Gasteiger partial charge >= 0.3 is 5.97 Å². The fourth-order valence-corrected chi connectivity index (χ4v) is 2.59. The van der Waals surface area contributed by atoms with Crippen molar-refractivity contribution in [2.45, 2.75) is 25.3 Å². The SMILES string of the molecule is CCCNCCNS(=O)(=O)c1[nH]ncc1C(=O)OCC.Cl. The van der Waals surface area contributed by atoms with Gasteiger partial charge in [-0.2, -0.15) is 5.10 Å². The fourth-order valence-electron chi connectivity index (χ4n) is 1.48. The minimum atomic E-state index is -3.81. The Morgan fingerprint density at radius 3 is 2.67 bits per heavy atom. The number of ether oxygens (including phenoxy) is 1. The molecule has 0 amide bonds. The summed E-state index contributed by atoms with van der Waals surface area (Å²) >= 11 is 0. The molecule has 0 spiro atoms. The summed E-state index contributed by atoms with van der Waals surface area (Å²) in [7, 11) is -3.81. The predicted octanol–water partition coefficient (Wildman–Crippen LogP) is 0.286. The minimum Gasteiger partial charge on any atom is -0.462 e. The van der Waals surface area contributed by atoms with Crippen LogP contribution in [0.2, 0.25) is 0 Å². The normalized spacial score (nSPS) is 11.0. The number of aromatic nitrogens is 2. The maximum Gasteiger partial charge on any atom is 0.342 e. The molecule has 1 rings (SSSR count). The van der Waals surface area contributed by atoms with Gasteiger partial charge in [0.1, 0.15) is 5.56 Å². The van der Waals surface area contributed by atoms with Crippen molar-refractivity contribution in [3.63, 3.8) is 0 Å². The molecule has 122 valence electrons. The number of H-pyrrole nitrogens is 1. The van der Waals surface area contributed by atoms with E-state index in [2.05, 4.69) is 20.2 Å². The van der Waals surface area contributed by atoms with Crippen molar-refractivity contribution >= 4 is 28.4 Å². The third kappa shape index (κ3) is 6.00. The number of sulfonamides is 1. The number of halogens is 1. The Balaban J connectivity index is 0.00000400. The molecule has 10 heteroatoms. The molecule has 0 unspecified atom stereocenters. The first kappa shape index (κ1) is 19.8. The summed E-state index contributed by atoms with van der Waals surface area (Å²) in [5, 5.41) is 8.70. The Kier molecular flexibility index (Phi) is 9.18. The Morgan fingerprint density at radius 1 is 1.33 bits per heavy atom. The quantitative estimate of drug-likeness (QED) is 0.440. The second-order valence-corrected chi connectivity index (χ2v) is 5.68. The van der Waals surface area contributed by atoms with E-state index >= 15 is 0 Å². The first-order valence-corrected chi connectivity index (χ1v) is 7.92. The molecule has 0 radical (unpaired) electrons. The van der Waals surface area contributed by atoms with Gasteiger partial charge < -0.3 is 10.1 Å². The van der Waals surface area contributed by atoms with Crippen LogP contribution in [-0.2, 0) is 14.8 Å². The van der Waals surface area contributed by atoms with Gasteiger partial charge in [-0.25, -0.2) is 17.9 Å². The van der Waals surface area contributed by atoms with Crippen LogP contribution >= 0.6 is 12.4 Å². The molecule has 0 bridgehead atoms. The number of rotatable bonds is 9. The molecule has 1 heterocycles. The summed E-state index contributed by atoms with van der Waals surface area (Å²) in [4.78, 5) is 11.6.